The van der Waals surface area contributed by atoms with Crippen LogP contribution in [0.1, 0.15) is 69.8 Å². The monoisotopic (exact) mass is 409 g/mol. The molecule has 0 radical (unpaired) electrons. The first-order valence-corrected chi connectivity index (χ1v) is 12.2. The Hall–Kier alpha value is -1.91. The van der Waals surface area contributed by atoms with Crippen molar-refractivity contribution in [1.29, 1.82) is 0 Å². The molecule has 0 unspecified atom stereocenters. The van der Waals surface area contributed by atoms with Crippen molar-refractivity contribution in [3.63, 3.8) is 0 Å². The van der Waals surface area contributed by atoms with Crippen LogP contribution in [-0.4, -0.2) is 51.8 Å². The Bertz CT molecular complexity index is 761. The van der Waals surface area contributed by atoms with Crippen molar-refractivity contribution in [3.8, 4) is 0 Å². The predicted molar refractivity (Wildman–Crippen MR) is 116 cm³/mol. The zero-order valence-electron chi connectivity index (χ0n) is 18.0. The molecule has 5 heteroatoms. The molecule has 0 aromatic carbocycles. The first-order valence-electron chi connectivity index (χ1n) is 12.2. The highest BCUT2D eigenvalue weighted by Gasteiger charge is 2.50. The van der Waals surface area contributed by atoms with Crippen LogP contribution in [0.5, 0.6) is 0 Å². The molecular formula is C25H35N3O2. The van der Waals surface area contributed by atoms with Gasteiger partial charge in [0.2, 0.25) is 11.8 Å². The molecule has 1 saturated carbocycles. The van der Waals surface area contributed by atoms with Crippen molar-refractivity contribution in [2.75, 3.05) is 13.1 Å². The van der Waals surface area contributed by atoms with Crippen LogP contribution in [0.2, 0.25) is 0 Å². The number of piperidine rings is 3. The van der Waals surface area contributed by atoms with Gasteiger partial charge >= 0.3 is 0 Å². The van der Waals surface area contributed by atoms with Crippen LogP contribution < -0.4 is 0 Å². The highest BCUT2D eigenvalue weighted by Crippen LogP contribution is 2.44. The molecule has 3 saturated heterocycles. The summed E-state index contributed by atoms with van der Waals surface area (Å²) < 4.78 is 0. The number of carbonyl (C=O) groups is 2. The number of carbonyl (C=O) groups excluding carboxylic acids is 2. The predicted octanol–water partition coefficient (Wildman–Crippen LogP) is 3.82. The zero-order valence-corrected chi connectivity index (χ0v) is 18.0. The van der Waals surface area contributed by atoms with Gasteiger partial charge in [0.05, 0.1) is 6.42 Å². The topological polar surface area (TPSA) is 53.5 Å². The third-order valence-electron chi connectivity index (χ3n) is 8.23. The molecule has 30 heavy (non-hydrogen) atoms. The van der Waals surface area contributed by atoms with Crippen molar-refractivity contribution in [1.82, 2.24) is 14.8 Å². The lowest BCUT2D eigenvalue weighted by Gasteiger charge is -2.57. The number of aromatic nitrogens is 1. The molecule has 162 valence electrons. The van der Waals surface area contributed by atoms with E-state index in [4.69, 9.17) is 0 Å². The quantitative estimate of drug-likeness (QED) is 0.760. The number of nitrogens with zero attached hydrogens (tertiary/aromatic N) is 3. The summed E-state index contributed by atoms with van der Waals surface area (Å²) in [5, 5.41) is 0. The highest BCUT2D eigenvalue weighted by molar-refractivity contribution is 5.80. The van der Waals surface area contributed by atoms with Gasteiger partial charge in [0.15, 0.2) is 0 Å². The Morgan fingerprint density at radius 1 is 1.07 bits per heavy atom. The van der Waals surface area contributed by atoms with Crippen molar-refractivity contribution in [2.24, 2.45) is 17.8 Å². The Balaban J connectivity index is 1.34. The molecule has 0 N–H and O–H groups in total. The summed E-state index contributed by atoms with van der Waals surface area (Å²) in [5.74, 6) is 2.27. The van der Waals surface area contributed by atoms with E-state index in [1.165, 1.54) is 38.5 Å². The lowest BCUT2D eigenvalue weighted by atomic mass is 9.69. The Labute approximate surface area is 180 Å². The minimum Gasteiger partial charge on any atom is -0.342 e. The van der Waals surface area contributed by atoms with Gasteiger partial charge in [-0.05, 0) is 55.1 Å². The van der Waals surface area contributed by atoms with Crippen LogP contribution in [0.4, 0.5) is 0 Å². The van der Waals surface area contributed by atoms with Gasteiger partial charge in [-0.1, -0.05) is 38.2 Å². The van der Waals surface area contributed by atoms with Crippen molar-refractivity contribution < 1.29 is 9.59 Å². The summed E-state index contributed by atoms with van der Waals surface area (Å²) in [4.78, 5) is 34.8. The van der Waals surface area contributed by atoms with Crippen LogP contribution in [-0.2, 0) is 16.0 Å². The normalized spacial score (nSPS) is 32.1. The van der Waals surface area contributed by atoms with Gasteiger partial charge in [0, 0.05) is 44.0 Å². The van der Waals surface area contributed by atoms with Gasteiger partial charge in [0.25, 0.3) is 0 Å². The summed E-state index contributed by atoms with van der Waals surface area (Å²) in [6.45, 7) is 1.64. The molecule has 4 heterocycles. The van der Waals surface area contributed by atoms with E-state index in [0.29, 0.717) is 36.2 Å². The maximum Gasteiger partial charge on any atom is 0.227 e. The fraction of sp³-hybridized carbons (Fsp3) is 0.720. The highest BCUT2D eigenvalue weighted by atomic mass is 16.2. The Morgan fingerprint density at radius 3 is 2.70 bits per heavy atom. The van der Waals surface area contributed by atoms with Crippen molar-refractivity contribution in [3.05, 3.63) is 30.1 Å². The molecule has 3 aliphatic heterocycles. The van der Waals surface area contributed by atoms with E-state index in [9.17, 15) is 9.59 Å². The van der Waals surface area contributed by atoms with E-state index < -0.39 is 0 Å². The number of hydrogen-bond acceptors (Lipinski definition) is 3. The number of amides is 2. The molecule has 5 rings (SSSR count). The summed E-state index contributed by atoms with van der Waals surface area (Å²) >= 11 is 0. The smallest absolute Gasteiger partial charge is 0.227 e. The second kappa shape index (κ2) is 8.68. The standard InChI is InChI=1S/C25H35N3O2/c29-24-10-4-9-22-20-14-21(23(28(22)24)12-18-6-2-1-3-7-18)17-27(16-20)25(30)13-19-8-5-11-26-15-19/h5,8,11,15,18,20-23H,1-4,6-7,9-10,12-14,16-17H2/t20-,21+,22+,23+/m1/s1. The Morgan fingerprint density at radius 2 is 1.90 bits per heavy atom. The maximum absolute atomic E-state index is 13.1. The van der Waals surface area contributed by atoms with Gasteiger partial charge in [-0.15, -0.1) is 0 Å². The summed E-state index contributed by atoms with van der Waals surface area (Å²) in [6, 6.07) is 4.59. The van der Waals surface area contributed by atoms with Crippen molar-refractivity contribution >= 4 is 11.8 Å². The molecule has 1 aromatic rings. The molecule has 4 atom stereocenters. The zero-order chi connectivity index (χ0) is 20.5. The lowest BCUT2D eigenvalue weighted by Crippen LogP contribution is -2.65. The molecular weight excluding hydrogens is 374 g/mol. The average molecular weight is 410 g/mol. The molecule has 2 bridgehead atoms. The van der Waals surface area contributed by atoms with Gasteiger partial charge in [-0.25, -0.2) is 0 Å². The van der Waals surface area contributed by atoms with Crippen LogP contribution in [0, 0.1) is 17.8 Å². The van der Waals surface area contributed by atoms with E-state index >= 15 is 0 Å². The van der Waals surface area contributed by atoms with Crippen LogP contribution in [0.15, 0.2) is 24.5 Å². The van der Waals surface area contributed by atoms with E-state index in [1.54, 1.807) is 12.4 Å². The SMILES string of the molecule is O=C(Cc1cccnc1)N1C[C@H]2C[C@@H](C1)[C@H](CC1CCCCC1)N1C(=O)CCC[C@@H]21. The van der Waals surface area contributed by atoms with E-state index in [1.807, 2.05) is 12.1 Å². The maximum atomic E-state index is 13.1. The number of fused-ring (bicyclic) bond motifs is 4. The van der Waals surface area contributed by atoms with E-state index in [0.717, 1.165) is 50.3 Å². The first-order chi connectivity index (χ1) is 14.7. The fourth-order valence-corrected chi connectivity index (χ4v) is 6.84. The minimum absolute atomic E-state index is 0.227. The second-order valence-electron chi connectivity index (χ2n) is 10.2. The van der Waals surface area contributed by atoms with E-state index in [2.05, 4.69) is 14.8 Å². The van der Waals surface area contributed by atoms with Gasteiger partial charge in [-0.2, -0.15) is 0 Å². The molecule has 4 aliphatic rings. The van der Waals surface area contributed by atoms with Gasteiger partial charge in [0.1, 0.15) is 0 Å². The van der Waals surface area contributed by atoms with Gasteiger partial charge < -0.3 is 9.80 Å². The fourth-order valence-electron chi connectivity index (χ4n) is 6.84. The molecule has 0 spiro atoms. The number of rotatable bonds is 4. The van der Waals surface area contributed by atoms with Gasteiger partial charge in [-0.3, -0.25) is 14.6 Å². The summed E-state index contributed by atoms with van der Waals surface area (Å²) in [6.07, 6.45) is 15.9. The molecule has 1 aliphatic carbocycles. The summed E-state index contributed by atoms with van der Waals surface area (Å²) in [5.41, 5.74) is 0.992. The Kier molecular flexibility index (Phi) is 5.79. The molecule has 5 nitrogen and oxygen atoms in total. The average Bonchev–Trinajstić information content (AvgIpc) is 2.78. The lowest BCUT2D eigenvalue weighted by molar-refractivity contribution is -0.157. The minimum atomic E-state index is 0.227. The van der Waals surface area contributed by atoms with E-state index in [-0.39, 0.29) is 5.91 Å². The number of hydrogen-bond donors (Lipinski definition) is 0. The van der Waals surface area contributed by atoms with Crippen LogP contribution >= 0.6 is 0 Å². The van der Waals surface area contributed by atoms with Crippen LogP contribution in [0.3, 0.4) is 0 Å². The first kappa shape index (κ1) is 20.0. The summed E-state index contributed by atoms with van der Waals surface area (Å²) in [7, 11) is 0. The number of likely N-dealkylation sites (tertiary alicyclic amines) is 1. The molecule has 2 amide bonds. The van der Waals surface area contributed by atoms with Crippen LogP contribution in [0.25, 0.3) is 0 Å². The third-order valence-corrected chi connectivity index (χ3v) is 8.23. The molecule has 1 aromatic heterocycles. The second-order valence-corrected chi connectivity index (χ2v) is 10.2. The van der Waals surface area contributed by atoms with Crippen molar-refractivity contribution in [2.45, 2.75) is 82.7 Å². The number of pyridine rings is 1. The molecule has 4 fully saturated rings. The largest absolute Gasteiger partial charge is 0.342 e. The third kappa shape index (κ3) is 4.00.